The molecule has 4 heterocycles. The molecule has 0 radical (unpaired) electrons. The fourth-order valence-corrected chi connectivity index (χ4v) is 6.02. The number of hydrogen-bond acceptors (Lipinski definition) is 3. The van der Waals surface area contributed by atoms with E-state index in [9.17, 15) is 0 Å². The quantitative estimate of drug-likeness (QED) is 0.629. The highest BCUT2D eigenvalue weighted by molar-refractivity contribution is 7.08. The molecule has 0 saturated carbocycles. The van der Waals surface area contributed by atoms with Crippen molar-refractivity contribution in [1.82, 2.24) is 10.2 Å². The number of hydrogen-bond donors (Lipinski definition) is 1. The zero-order chi connectivity index (χ0) is 18.8. The Labute approximate surface area is 172 Å². The second-order valence-electron chi connectivity index (χ2n) is 8.20. The van der Waals surface area contributed by atoms with Crippen molar-refractivity contribution >= 4 is 11.3 Å². The number of fused-ring (bicyclic) bond motifs is 3. The Morgan fingerprint density at radius 2 is 1.61 bits per heavy atom. The van der Waals surface area contributed by atoms with Crippen molar-refractivity contribution in [2.24, 2.45) is 5.92 Å². The lowest BCUT2D eigenvalue weighted by Crippen LogP contribution is -2.64. The van der Waals surface area contributed by atoms with Crippen LogP contribution in [0.5, 0.6) is 0 Å². The first-order valence-corrected chi connectivity index (χ1v) is 11.4. The Kier molecular flexibility index (Phi) is 5.30. The maximum absolute atomic E-state index is 3.99. The van der Waals surface area contributed by atoms with Gasteiger partial charge in [0.05, 0.1) is 0 Å². The highest BCUT2D eigenvalue weighted by Crippen LogP contribution is 2.42. The molecule has 2 bridgehead atoms. The molecule has 3 heteroatoms. The fourth-order valence-electron chi connectivity index (χ4n) is 5.32. The lowest BCUT2D eigenvalue weighted by molar-refractivity contribution is 0.00473. The minimum atomic E-state index is 0.434. The Morgan fingerprint density at radius 1 is 0.893 bits per heavy atom. The molecule has 2 nitrogen and oxygen atoms in total. The first-order chi connectivity index (χ1) is 13.9. The Morgan fingerprint density at radius 3 is 2.29 bits per heavy atom. The topological polar surface area (TPSA) is 15.3 Å². The third-order valence-corrected chi connectivity index (χ3v) is 7.36. The summed E-state index contributed by atoms with van der Waals surface area (Å²) < 4.78 is 0. The van der Waals surface area contributed by atoms with Crippen LogP contribution in [0.3, 0.4) is 0 Å². The van der Waals surface area contributed by atoms with E-state index in [0.29, 0.717) is 18.0 Å². The Hall–Kier alpha value is -1.94. The maximum atomic E-state index is 3.99. The van der Waals surface area contributed by atoms with Gasteiger partial charge in [0, 0.05) is 24.5 Å². The van der Waals surface area contributed by atoms with Crippen LogP contribution in [0.2, 0.25) is 0 Å². The summed E-state index contributed by atoms with van der Waals surface area (Å²) >= 11 is 1.82. The van der Waals surface area contributed by atoms with Gasteiger partial charge in [0.25, 0.3) is 0 Å². The van der Waals surface area contributed by atoms with Crippen LogP contribution in [0.1, 0.15) is 35.4 Å². The van der Waals surface area contributed by atoms with Crippen LogP contribution >= 0.6 is 11.3 Å². The van der Waals surface area contributed by atoms with Gasteiger partial charge >= 0.3 is 0 Å². The first-order valence-electron chi connectivity index (χ1n) is 10.5. The van der Waals surface area contributed by atoms with Crippen molar-refractivity contribution in [3.05, 3.63) is 94.2 Å². The van der Waals surface area contributed by atoms with E-state index in [1.54, 1.807) is 0 Å². The summed E-state index contributed by atoms with van der Waals surface area (Å²) in [7, 11) is 0. The van der Waals surface area contributed by atoms with Gasteiger partial charge in [-0.05, 0) is 65.4 Å². The van der Waals surface area contributed by atoms with Crippen LogP contribution in [0.25, 0.3) is 0 Å². The van der Waals surface area contributed by atoms with Crippen molar-refractivity contribution in [3.8, 4) is 0 Å². The first kappa shape index (κ1) is 18.1. The second kappa shape index (κ2) is 8.20. The summed E-state index contributed by atoms with van der Waals surface area (Å²) in [6.07, 6.45) is 2.65. The summed E-state index contributed by atoms with van der Waals surface area (Å²) in [4.78, 5) is 2.76. The minimum absolute atomic E-state index is 0.434. The van der Waals surface area contributed by atoms with Gasteiger partial charge in [0.1, 0.15) is 0 Å². The van der Waals surface area contributed by atoms with Gasteiger partial charge in [-0.3, -0.25) is 4.90 Å². The molecule has 28 heavy (non-hydrogen) atoms. The number of piperidine rings is 3. The number of thiophene rings is 1. The molecule has 0 aliphatic carbocycles. The van der Waals surface area contributed by atoms with Crippen molar-refractivity contribution < 1.29 is 0 Å². The molecular weight excluding hydrogens is 360 g/mol. The predicted molar refractivity (Wildman–Crippen MR) is 118 cm³/mol. The van der Waals surface area contributed by atoms with E-state index in [0.717, 1.165) is 12.5 Å². The van der Waals surface area contributed by atoms with Crippen LogP contribution in [0.15, 0.2) is 77.5 Å². The predicted octanol–water partition coefficient (Wildman–Crippen LogP) is 5.13. The zero-order valence-corrected chi connectivity index (χ0v) is 17.0. The SMILES string of the molecule is c1ccc(CN[C@@H]2C3CCN(CC3)[C@@H]2[C@@H](c2ccccc2)c2ccsc2)cc1. The van der Waals surface area contributed by atoms with Gasteiger partial charge in [-0.1, -0.05) is 60.7 Å². The van der Waals surface area contributed by atoms with Crippen LogP contribution in [0, 0.1) is 5.92 Å². The molecule has 3 aromatic rings. The van der Waals surface area contributed by atoms with Crippen molar-refractivity contribution in [2.75, 3.05) is 13.1 Å². The van der Waals surface area contributed by atoms with E-state index in [1.165, 1.54) is 42.6 Å². The summed E-state index contributed by atoms with van der Waals surface area (Å²) in [5.74, 6) is 1.22. The van der Waals surface area contributed by atoms with Crippen molar-refractivity contribution in [2.45, 2.75) is 37.4 Å². The molecule has 0 unspecified atom stereocenters. The highest BCUT2D eigenvalue weighted by Gasteiger charge is 2.46. The van der Waals surface area contributed by atoms with E-state index in [2.05, 4.69) is 87.7 Å². The standard InChI is InChI=1S/C25H28N2S/c1-3-7-19(8-4-1)17-26-24-21-11-14-27(15-12-21)25(24)23(22-13-16-28-18-22)20-9-5-2-6-10-20/h1-10,13,16,18,21,23-26H,11-12,14-15,17H2/t23-,24+,25+/m0/s1. The van der Waals surface area contributed by atoms with E-state index in [-0.39, 0.29) is 0 Å². The van der Waals surface area contributed by atoms with Gasteiger partial charge in [-0.2, -0.15) is 11.3 Å². The molecular formula is C25H28N2S. The van der Waals surface area contributed by atoms with Crippen LogP contribution in [-0.4, -0.2) is 30.1 Å². The van der Waals surface area contributed by atoms with E-state index >= 15 is 0 Å². The number of rotatable bonds is 6. The average molecular weight is 389 g/mol. The molecule has 3 aliphatic heterocycles. The van der Waals surface area contributed by atoms with Crippen molar-refractivity contribution in [1.29, 1.82) is 0 Å². The van der Waals surface area contributed by atoms with Crippen LogP contribution in [0.4, 0.5) is 0 Å². The number of benzene rings is 2. The molecule has 144 valence electrons. The van der Waals surface area contributed by atoms with Gasteiger partial charge in [-0.15, -0.1) is 0 Å². The molecule has 3 saturated heterocycles. The van der Waals surface area contributed by atoms with Gasteiger partial charge in [0.2, 0.25) is 0 Å². The minimum Gasteiger partial charge on any atom is -0.308 e. The van der Waals surface area contributed by atoms with Gasteiger partial charge in [0.15, 0.2) is 0 Å². The fraction of sp³-hybridized carbons (Fsp3) is 0.360. The van der Waals surface area contributed by atoms with E-state index < -0.39 is 0 Å². The lowest BCUT2D eigenvalue weighted by atomic mass is 9.71. The summed E-state index contributed by atoms with van der Waals surface area (Å²) in [6, 6.07) is 25.4. The van der Waals surface area contributed by atoms with Gasteiger partial charge in [-0.25, -0.2) is 0 Å². The van der Waals surface area contributed by atoms with Gasteiger partial charge < -0.3 is 5.32 Å². The molecule has 6 rings (SSSR count). The highest BCUT2D eigenvalue weighted by atomic mass is 32.1. The molecule has 2 aromatic carbocycles. The molecule has 1 N–H and O–H groups in total. The normalized spacial score (nSPS) is 27.6. The molecule has 3 fully saturated rings. The molecule has 0 spiro atoms. The lowest BCUT2D eigenvalue weighted by Gasteiger charge is -2.54. The summed E-state index contributed by atoms with van der Waals surface area (Å²) in [5, 5.41) is 8.58. The third kappa shape index (κ3) is 3.55. The summed E-state index contributed by atoms with van der Waals surface area (Å²) in [6.45, 7) is 3.44. The largest absolute Gasteiger partial charge is 0.308 e. The molecule has 0 amide bonds. The van der Waals surface area contributed by atoms with Crippen molar-refractivity contribution in [3.63, 3.8) is 0 Å². The monoisotopic (exact) mass is 388 g/mol. The smallest absolute Gasteiger partial charge is 0.0361 e. The number of nitrogens with zero attached hydrogens (tertiary/aromatic N) is 1. The van der Waals surface area contributed by atoms with Crippen LogP contribution in [-0.2, 0) is 6.54 Å². The Balaban J connectivity index is 1.48. The average Bonchev–Trinajstić information content (AvgIpc) is 3.30. The zero-order valence-electron chi connectivity index (χ0n) is 16.2. The molecule has 3 aliphatic rings. The molecule has 3 atom stereocenters. The van der Waals surface area contributed by atoms with E-state index in [4.69, 9.17) is 0 Å². The summed E-state index contributed by atoms with van der Waals surface area (Å²) in [5.41, 5.74) is 4.30. The third-order valence-electron chi connectivity index (χ3n) is 6.66. The number of nitrogens with one attached hydrogen (secondary N) is 1. The maximum Gasteiger partial charge on any atom is 0.0361 e. The molecule has 1 aromatic heterocycles. The van der Waals surface area contributed by atoms with E-state index in [1.807, 2.05) is 11.3 Å². The Bertz CT molecular complexity index is 854. The van der Waals surface area contributed by atoms with Crippen LogP contribution < -0.4 is 5.32 Å². The second-order valence-corrected chi connectivity index (χ2v) is 8.98.